The van der Waals surface area contributed by atoms with Crippen LogP contribution in [-0.4, -0.2) is 169 Å². The van der Waals surface area contributed by atoms with Crippen molar-refractivity contribution in [2.24, 2.45) is 46.3 Å². The molecule has 0 aromatic carbocycles. The van der Waals surface area contributed by atoms with Crippen LogP contribution in [0.5, 0.6) is 0 Å². The molecule has 18 heteroatoms. The summed E-state index contributed by atoms with van der Waals surface area (Å²) in [5.74, 6) is -6.21. The number of halogens is 1. The van der Waals surface area contributed by atoms with Gasteiger partial charge in [-0.15, -0.1) is 0 Å². The fourth-order valence-corrected chi connectivity index (χ4v) is 14.5. The van der Waals surface area contributed by atoms with Crippen LogP contribution in [0, 0.1) is 46.3 Å². The van der Waals surface area contributed by atoms with Gasteiger partial charge in [0.15, 0.2) is 36.4 Å². The number of hydrogen-bond donors (Lipinski definition) is 4. The lowest BCUT2D eigenvalue weighted by Crippen LogP contribution is -2.62. The predicted molar refractivity (Wildman–Crippen MR) is 285 cm³/mol. The Morgan fingerprint density at radius 1 is 0.959 bits per heavy atom. The van der Waals surface area contributed by atoms with Crippen LogP contribution in [-0.2, 0) is 52.5 Å². The van der Waals surface area contributed by atoms with Crippen LogP contribution in [0.2, 0.25) is 0 Å². The van der Waals surface area contributed by atoms with Crippen LogP contribution in [0.25, 0.3) is 0 Å². The SMILES string of the molecule is CCC1[C@@H]2CCC3=CC(=O)C=C[C@]3(C)C2[C@@H](O)C[C@]1(C)C(C)(I)C(=O)COC(=O)CCC(=O)O[C@@H]1C(N(C)C)C[C@@H](C)O[C@H]1O[C@@H]1[C@@H](C)C(=O)[C@@H](C)C(=O)O[C@H](CC)[C@@](C)(O)[C@H](O)[C@@H](C)N(C)C[C@H](C)C[C@@]1(C)O. The molecule has 5 aliphatic rings. The number of likely N-dealkylation sites (N-methyl/N-ethyl adjacent to an activating group) is 2. The monoisotopic (exact) mass is 1160 g/mol. The summed E-state index contributed by atoms with van der Waals surface area (Å²) in [6.07, 6.45) is 0.269. The van der Waals surface area contributed by atoms with Crippen LogP contribution < -0.4 is 0 Å². The number of carbonyl (C=O) groups is 6. The number of fused-ring (bicyclic) bond motifs is 3. The number of aliphatic hydroxyl groups is 4. The largest absolute Gasteiger partial charge is 0.459 e. The molecule has 2 saturated heterocycles. The number of ketones is 3. The zero-order valence-electron chi connectivity index (χ0n) is 46.7. The first-order valence-corrected chi connectivity index (χ1v) is 28.0. The Morgan fingerprint density at radius 2 is 1.59 bits per heavy atom. The van der Waals surface area contributed by atoms with E-state index in [1.165, 1.54) is 13.8 Å². The third-order valence-electron chi connectivity index (χ3n) is 18.3. The molecule has 2 heterocycles. The minimum atomic E-state index is -1.87. The molecule has 2 saturated carbocycles. The van der Waals surface area contributed by atoms with Gasteiger partial charge in [0, 0.05) is 29.8 Å². The second-order valence-electron chi connectivity index (χ2n) is 24.1. The summed E-state index contributed by atoms with van der Waals surface area (Å²) in [6, 6.07) is -1.09. The molecule has 4 fully saturated rings. The molecule has 0 aromatic heterocycles. The van der Waals surface area contributed by atoms with Gasteiger partial charge in [-0.25, -0.2) is 0 Å². The number of Topliss-reactive ketones (excluding diaryl/α,β-unsaturated/α-hetero) is 2. The molecule has 4 N–H and O–H groups in total. The molecule has 420 valence electrons. The fraction of sp³-hybridized carbons (Fsp3) is 0.821. The number of ether oxygens (including phenoxy) is 5. The van der Waals surface area contributed by atoms with Crippen molar-refractivity contribution in [2.45, 2.75) is 210 Å². The summed E-state index contributed by atoms with van der Waals surface area (Å²) in [4.78, 5) is 85.4. The Balaban J connectivity index is 1.30. The maximum absolute atomic E-state index is 14.4. The lowest BCUT2D eigenvalue weighted by atomic mass is 9.44. The molecule has 4 unspecified atom stereocenters. The molecule has 5 rings (SSSR count). The van der Waals surface area contributed by atoms with E-state index in [0.717, 1.165) is 24.8 Å². The van der Waals surface area contributed by atoms with Crippen molar-refractivity contribution in [3.05, 3.63) is 23.8 Å². The van der Waals surface area contributed by atoms with Gasteiger partial charge in [0.1, 0.15) is 23.7 Å². The van der Waals surface area contributed by atoms with E-state index in [2.05, 4.69) is 36.4 Å². The summed E-state index contributed by atoms with van der Waals surface area (Å²) < 4.78 is 29.4. The summed E-state index contributed by atoms with van der Waals surface area (Å²) in [5.41, 5.74) is -3.71. The van der Waals surface area contributed by atoms with Crippen molar-refractivity contribution in [2.75, 3.05) is 34.3 Å². The fourth-order valence-electron chi connectivity index (χ4n) is 13.7. The quantitative estimate of drug-likeness (QED) is 0.0568. The molecular weight excluding hydrogens is 1070 g/mol. The molecule has 0 aromatic rings. The summed E-state index contributed by atoms with van der Waals surface area (Å²) >= 11 is 2.16. The first-order valence-electron chi connectivity index (χ1n) is 26.9. The molecule has 0 radical (unpaired) electrons. The summed E-state index contributed by atoms with van der Waals surface area (Å²) in [7, 11) is 5.40. The predicted octanol–water partition coefficient (Wildman–Crippen LogP) is 5.72. The average molecular weight is 1160 g/mol. The second kappa shape index (κ2) is 24.1. The van der Waals surface area contributed by atoms with Gasteiger partial charge in [-0.2, -0.15) is 0 Å². The molecule has 17 nitrogen and oxygen atoms in total. The van der Waals surface area contributed by atoms with Crippen LogP contribution in [0.15, 0.2) is 23.8 Å². The van der Waals surface area contributed by atoms with E-state index in [9.17, 15) is 49.2 Å². The zero-order chi connectivity index (χ0) is 55.8. The van der Waals surface area contributed by atoms with Gasteiger partial charge in [0.05, 0.1) is 46.2 Å². The Labute approximate surface area is 453 Å². The van der Waals surface area contributed by atoms with Crippen molar-refractivity contribution in [1.82, 2.24) is 9.80 Å². The molecule has 74 heavy (non-hydrogen) atoms. The second-order valence-corrected chi connectivity index (χ2v) is 26.2. The Hall–Kier alpha value is -2.69. The first kappa shape index (κ1) is 62.2. The van der Waals surface area contributed by atoms with Gasteiger partial charge in [-0.1, -0.05) is 82.2 Å². The highest BCUT2D eigenvalue weighted by molar-refractivity contribution is 14.1. The van der Waals surface area contributed by atoms with E-state index in [-0.39, 0.29) is 48.1 Å². The minimum Gasteiger partial charge on any atom is -0.459 e. The molecule has 0 bridgehead atoms. The number of alkyl halides is 1. The first-order chi connectivity index (χ1) is 34.2. The standard InChI is InChI=1S/C56H89IN2O15/c1-16-38-37-19-18-35-25-36(60)22-23-52(35,8)45(37)40(61)27-53(38,9)56(12,57)41(62)29-70-43(63)20-21-44(64)73-47-39(58(13)14)24-31(4)71-51(47)74-49-32(5)46(65)33(6)50(67)72-42(17-2)55(11,69)48(66)34(7)59(15)28-30(3)26-54(49,10)68/h22-23,25,30-34,37-40,42,45,47-49,51,61,66,68-69H,16-21,24,26-29H2,1-15H3/t30-,31-,32+,33-,34-,37+,38?,39?,40+,42-,45?,47-,48-,49-,51+,52+,53+,54-,55-,56?/m1/s1. The molecule has 20 atom stereocenters. The molecular formula is C56H89IN2O15. The third-order valence-corrected chi connectivity index (χ3v) is 20.1. The Morgan fingerprint density at radius 3 is 2.20 bits per heavy atom. The highest BCUT2D eigenvalue weighted by atomic mass is 127. The minimum absolute atomic E-state index is 0.0395. The van der Waals surface area contributed by atoms with E-state index in [4.69, 9.17) is 23.7 Å². The van der Waals surface area contributed by atoms with E-state index < -0.39 is 135 Å². The molecule has 0 amide bonds. The number of nitrogens with zero attached hydrogens (tertiary/aromatic N) is 2. The lowest BCUT2D eigenvalue weighted by molar-refractivity contribution is -0.296. The average Bonchev–Trinajstić information content (AvgIpc) is 3.31. The highest BCUT2D eigenvalue weighted by Crippen LogP contribution is 2.65. The van der Waals surface area contributed by atoms with Crippen molar-refractivity contribution < 1.29 is 72.9 Å². The van der Waals surface area contributed by atoms with Crippen LogP contribution >= 0.6 is 22.6 Å². The number of allylic oxidation sites excluding steroid dienone is 4. The topological polar surface area (TPSA) is 236 Å². The van der Waals surface area contributed by atoms with Crippen molar-refractivity contribution in [1.29, 1.82) is 0 Å². The van der Waals surface area contributed by atoms with E-state index in [0.29, 0.717) is 19.4 Å². The number of aliphatic hydroxyl groups excluding tert-OH is 2. The summed E-state index contributed by atoms with van der Waals surface area (Å²) in [6.45, 7) is 21.0. The van der Waals surface area contributed by atoms with Crippen molar-refractivity contribution in [3.8, 4) is 0 Å². The number of rotatable bonds is 13. The van der Waals surface area contributed by atoms with Gasteiger partial charge in [-0.05, 0) is 137 Å². The van der Waals surface area contributed by atoms with Crippen LogP contribution in [0.3, 0.4) is 0 Å². The number of esters is 3. The lowest BCUT2D eigenvalue weighted by Gasteiger charge is -2.62. The van der Waals surface area contributed by atoms with Gasteiger partial charge in [0.25, 0.3) is 0 Å². The van der Waals surface area contributed by atoms with Crippen molar-refractivity contribution in [3.63, 3.8) is 0 Å². The van der Waals surface area contributed by atoms with E-state index in [1.54, 1.807) is 46.9 Å². The van der Waals surface area contributed by atoms with E-state index in [1.807, 2.05) is 57.7 Å². The smallest absolute Gasteiger partial charge is 0.316 e. The Bertz CT molecular complexity index is 2130. The van der Waals surface area contributed by atoms with Gasteiger partial charge >= 0.3 is 17.9 Å². The maximum atomic E-state index is 14.4. The number of cyclic esters (lactones) is 1. The molecule has 0 spiro atoms. The van der Waals surface area contributed by atoms with Gasteiger partial charge in [-0.3, -0.25) is 28.8 Å². The normalized spacial score (nSPS) is 42.6. The summed E-state index contributed by atoms with van der Waals surface area (Å²) in [5, 5.41) is 47.4. The van der Waals surface area contributed by atoms with Crippen molar-refractivity contribution >= 4 is 57.8 Å². The van der Waals surface area contributed by atoms with Crippen LogP contribution in [0.1, 0.15) is 141 Å². The number of hydrogen-bond acceptors (Lipinski definition) is 17. The Kier molecular flexibility index (Phi) is 20.3. The van der Waals surface area contributed by atoms with E-state index >= 15 is 0 Å². The number of carbonyl (C=O) groups excluding carboxylic acids is 6. The third kappa shape index (κ3) is 12.7. The molecule has 2 aliphatic heterocycles. The van der Waals surface area contributed by atoms with Gasteiger partial charge in [0.2, 0.25) is 0 Å². The zero-order valence-corrected chi connectivity index (χ0v) is 48.9. The maximum Gasteiger partial charge on any atom is 0.316 e. The van der Waals surface area contributed by atoms with Crippen LogP contribution in [0.4, 0.5) is 0 Å². The molecule has 3 aliphatic carbocycles. The highest BCUT2D eigenvalue weighted by Gasteiger charge is 2.63. The van der Waals surface area contributed by atoms with Gasteiger partial charge < -0.3 is 53.9 Å².